The number of rotatable bonds is 6. The molecule has 94 valence electrons. The molecular formula is C12H17FN2O2. The predicted molar refractivity (Wildman–Crippen MR) is 61.3 cm³/mol. The lowest BCUT2D eigenvalue weighted by Crippen LogP contribution is -2.26. The van der Waals surface area contributed by atoms with Crippen molar-refractivity contribution in [2.45, 2.75) is 25.5 Å². The zero-order valence-electron chi connectivity index (χ0n) is 9.90. The summed E-state index contributed by atoms with van der Waals surface area (Å²) in [6.07, 6.45) is 3.92. The Kier molecular flexibility index (Phi) is 3.91. The quantitative estimate of drug-likeness (QED) is 0.811. The lowest BCUT2D eigenvalue weighted by molar-refractivity contribution is 0.216. The van der Waals surface area contributed by atoms with Crippen LogP contribution < -0.4 is 4.74 Å². The fourth-order valence-corrected chi connectivity index (χ4v) is 1.67. The van der Waals surface area contributed by atoms with Gasteiger partial charge in [-0.2, -0.15) is 0 Å². The summed E-state index contributed by atoms with van der Waals surface area (Å²) in [5.74, 6) is -0.593. The Hall–Kier alpha value is -1.20. The third-order valence-electron chi connectivity index (χ3n) is 2.96. The summed E-state index contributed by atoms with van der Waals surface area (Å²) in [7, 11) is 2.04. The molecule has 1 aromatic rings. The Morgan fingerprint density at radius 3 is 3.00 bits per heavy atom. The third kappa shape index (κ3) is 3.14. The molecule has 17 heavy (non-hydrogen) atoms. The van der Waals surface area contributed by atoms with Gasteiger partial charge in [0.2, 0.25) is 0 Å². The number of likely N-dealkylation sites (N-methyl/N-ethyl adjacent to an activating group) is 1. The van der Waals surface area contributed by atoms with Gasteiger partial charge in [-0.3, -0.25) is 0 Å². The maximum atomic E-state index is 13.6. The average Bonchev–Trinajstić information content (AvgIpc) is 3.15. The van der Waals surface area contributed by atoms with Crippen LogP contribution >= 0.6 is 0 Å². The Morgan fingerprint density at radius 1 is 1.59 bits per heavy atom. The molecule has 0 aliphatic heterocycles. The molecule has 0 spiro atoms. The number of hydrogen-bond acceptors (Lipinski definition) is 4. The van der Waals surface area contributed by atoms with E-state index in [2.05, 4.69) is 9.88 Å². The second-order valence-corrected chi connectivity index (χ2v) is 4.31. The molecule has 0 saturated heterocycles. The minimum absolute atomic E-state index is 0.0271. The number of pyridine rings is 1. The number of halogens is 1. The first kappa shape index (κ1) is 12.3. The van der Waals surface area contributed by atoms with Gasteiger partial charge in [-0.05, 0) is 26.0 Å². The zero-order valence-corrected chi connectivity index (χ0v) is 9.90. The van der Waals surface area contributed by atoms with E-state index in [1.165, 1.54) is 25.1 Å². The molecule has 1 N–H and O–H groups in total. The van der Waals surface area contributed by atoms with Gasteiger partial charge in [-0.25, -0.2) is 9.37 Å². The van der Waals surface area contributed by atoms with Gasteiger partial charge in [0.05, 0.1) is 6.61 Å². The Labute approximate surface area is 100 Å². The van der Waals surface area contributed by atoms with Crippen LogP contribution in [0.15, 0.2) is 12.3 Å². The van der Waals surface area contributed by atoms with E-state index in [4.69, 9.17) is 9.84 Å². The first-order chi connectivity index (χ1) is 8.22. The van der Waals surface area contributed by atoms with Crippen molar-refractivity contribution in [3.8, 4) is 5.88 Å². The van der Waals surface area contributed by atoms with Crippen LogP contribution in [0.4, 0.5) is 4.39 Å². The highest BCUT2D eigenvalue weighted by atomic mass is 19.1. The monoisotopic (exact) mass is 240 g/mol. The van der Waals surface area contributed by atoms with E-state index < -0.39 is 5.82 Å². The fourth-order valence-electron chi connectivity index (χ4n) is 1.67. The molecule has 2 rings (SSSR count). The molecule has 0 bridgehead atoms. The maximum absolute atomic E-state index is 13.6. The van der Waals surface area contributed by atoms with Gasteiger partial charge in [-0.1, -0.05) is 0 Å². The number of aromatic nitrogens is 1. The SMILES string of the molecule is CN(CCOc1nccc(CO)c1F)C1CC1. The third-order valence-corrected chi connectivity index (χ3v) is 2.96. The van der Waals surface area contributed by atoms with Crippen LogP contribution in [0.2, 0.25) is 0 Å². The van der Waals surface area contributed by atoms with Gasteiger partial charge < -0.3 is 14.7 Å². The van der Waals surface area contributed by atoms with Crippen molar-refractivity contribution in [1.82, 2.24) is 9.88 Å². The van der Waals surface area contributed by atoms with Crippen LogP contribution in [-0.4, -0.2) is 41.2 Å². The molecule has 5 heteroatoms. The highest BCUT2D eigenvalue weighted by Crippen LogP contribution is 2.25. The molecule has 1 heterocycles. The first-order valence-electron chi connectivity index (χ1n) is 5.79. The van der Waals surface area contributed by atoms with E-state index >= 15 is 0 Å². The number of aliphatic hydroxyl groups is 1. The second kappa shape index (κ2) is 5.42. The van der Waals surface area contributed by atoms with Crippen LogP contribution in [0.3, 0.4) is 0 Å². The van der Waals surface area contributed by atoms with E-state index in [9.17, 15) is 4.39 Å². The van der Waals surface area contributed by atoms with Gasteiger partial charge in [-0.15, -0.1) is 0 Å². The van der Waals surface area contributed by atoms with E-state index in [1.807, 2.05) is 7.05 Å². The lowest BCUT2D eigenvalue weighted by atomic mass is 10.3. The normalized spacial score (nSPS) is 15.3. The molecule has 0 atom stereocenters. The summed E-state index contributed by atoms with van der Waals surface area (Å²) in [6, 6.07) is 2.11. The molecule has 0 amide bonds. The maximum Gasteiger partial charge on any atom is 0.250 e. The zero-order chi connectivity index (χ0) is 12.3. The molecule has 1 aliphatic carbocycles. The summed E-state index contributed by atoms with van der Waals surface area (Å²) in [6.45, 7) is 0.827. The van der Waals surface area contributed by atoms with Gasteiger partial charge in [0.1, 0.15) is 6.61 Å². The molecule has 1 aliphatic rings. The van der Waals surface area contributed by atoms with Crippen LogP contribution in [0, 0.1) is 5.82 Å². The molecular weight excluding hydrogens is 223 g/mol. The van der Waals surface area contributed by atoms with Gasteiger partial charge in [0.15, 0.2) is 5.82 Å². The molecule has 0 unspecified atom stereocenters. The van der Waals surface area contributed by atoms with Crippen LogP contribution in [0.5, 0.6) is 5.88 Å². The molecule has 0 aromatic carbocycles. The largest absolute Gasteiger partial charge is 0.474 e. The van der Waals surface area contributed by atoms with Crippen molar-refractivity contribution in [1.29, 1.82) is 0 Å². The summed E-state index contributed by atoms with van der Waals surface area (Å²) in [5.41, 5.74) is 0.213. The van der Waals surface area contributed by atoms with Crippen LogP contribution in [-0.2, 0) is 6.61 Å². The topological polar surface area (TPSA) is 45.6 Å². The fraction of sp³-hybridized carbons (Fsp3) is 0.583. The van der Waals surface area contributed by atoms with Gasteiger partial charge >= 0.3 is 0 Å². The minimum Gasteiger partial charge on any atom is -0.474 e. The molecule has 1 aromatic heterocycles. The number of aliphatic hydroxyl groups excluding tert-OH is 1. The van der Waals surface area contributed by atoms with Crippen molar-refractivity contribution in [3.05, 3.63) is 23.6 Å². The van der Waals surface area contributed by atoms with Crippen LogP contribution in [0.1, 0.15) is 18.4 Å². The summed E-state index contributed by atoms with van der Waals surface area (Å²) in [4.78, 5) is 6.02. The molecule has 0 radical (unpaired) electrons. The smallest absolute Gasteiger partial charge is 0.250 e. The summed E-state index contributed by atoms with van der Waals surface area (Å²) < 4.78 is 18.9. The second-order valence-electron chi connectivity index (χ2n) is 4.31. The standard InChI is InChI=1S/C12H17FN2O2/c1-15(10-2-3-10)6-7-17-12-11(13)9(8-16)4-5-14-12/h4-5,10,16H,2-3,6-8H2,1H3. The molecule has 1 saturated carbocycles. The number of hydrogen-bond donors (Lipinski definition) is 1. The van der Waals surface area contributed by atoms with Crippen molar-refractivity contribution in [3.63, 3.8) is 0 Å². The number of nitrogens with zero attached hydrogens (tertiary/aromatic N) is 2. The summed E-state index contributed by atoms with van der Waals surface area (Å²) in [5, 5.41) is 8.91. The first-order valence-corrected chi connectivity index (χ1v) is 5.79. The minimum atomic E-state index is -0.566. The van der Waals surface area contributed by atoms with E-state index in [-0.39, 0.29) is 18.1 Å². The van der Waals surface area contributed by atoms with E-state index in [1.54, 1.807) is 0 Å². The Bertz CT molecular complexity index is 383. The van der Waals surface area contributed by atoms with E-state index in [0.717, 1.165) is 6.54 Å². The van der Waals surface area contributed by atoms with Crippen molar-refractivity contribution < 1.29 is 14.2 Å². The highest BCUT2D eigenvalue weighted by molar-refractivity contribution is 5.22. The Balaban J connectivity index is 1.85. The van der Waals surface area contributed by atoms with Crippen molar-refractivity contribution >= 4 is 0 Å². The van der Waals surface area contributed by atoms with E-state index in [0.29, 0.717) is 12.6 Å². The molecule has 1 fully saturated rings. The van der Waals surface area contributed by atoms with Gasteiger partial charge in [0, 0.05) is 24.3 Å². The summed E-state index contributed by atoms with van der Waals surface area (Å²) >= 11 is 0. The molecule has 4 nitrogen and oxygen atoms in total. The average molecular weight is 240 g/mol. The van der Waals surface area contributed by atoms with Crippen LogP contribution in [0.25, 0.3) is 0 Å². The predicted octanol–water partition coefficient (Wildman–Crippen LogP) is 1.19. The Morgan fingerprint density at radius 2 is 2.35 bits per heavy atom. The van der Waals surface area contributed by atoms with Gasteiger partial charge in [0.25, 0.3) is 5.88 Å². The highest BCUT2D eigenvalue weighted by Gasteiger charge is 2.25. The van der Waals surface area contributed by atoms with Crippen molar-refractivity contribution in [2.24, 2.45) is 0 Å². The van der Waals surface area contributed by atoms with Crippen molar-refractivity contribution in [2.75, 3.05) is 20.2 Å². The lowest BCUT2D eigenvalue weighted by Gasteiger charge is -2.15. The number of ether oxygens (including phenoxy) is 1.